The molecule has 1 atom stereocenters. The lowest BCUT2D eigenvalue weighted by Crippen LogP contribution is -2.53. The van der Waals surface area contributed by atoms with E-state index in [1.807, 2.05) is 24.6 Å². The number of guanidine groups is 1. The largest absolute Gasteiger partial charge is 0.376 e. The molecule has 0 bridgehead atoms. The third kappa shape index (κ3) is 5.91. The molecule has 2 aromatic heterocycles. The summed E-state index contributed by atoms with van der Waals surface area (Å²) in [6, 6.07) is 1.92. The minimum absolute atomic E-state index is 0. The molecular formula is C19H31IN8O2. The number of aryl methyl sites for hydroxylation is 1. The molecule has 4 rings (SSSR count). The van der Waals surface area contributed by atoms with Gasteiger partial charge in [0.2, 0.25) is 0 Å². The first-order valence-electron chi connectivity index (χ1n) is 10.3. The van der Waals surface area contributed by atoms with Crippen LogP contribution in [-0.4, -0.2) is 81.1 Å². The zero-order valence-corrected chi connectivity index (χ0v) is 20.0. The summed E-state index contributed by atoms with van der Waals surface area (Å²) in [6.45, 7) is 8.65. The van der Waals surface area contributed by atoms with Crippen LogP contribution in [0.5, 0.6) is 0 Å². The monoisotopic (exact) mass is 530 g/mol. The van der Waals surface area contributed by atoms with Crippen molar-refractivity contribution in [2.24, 2.45) is 12.0 Å². The Morgan fingerprint density at radius 3 is 2.73 bits per heavy atom. The molecule has 1 N–H and O–H groups in total. The normalized spacial score (nSPS) is 20.4. The van der Waals surface area contributed by atoms with Crippen LogP contribution in [0.25, 0.3) is 0 Å². The van der Waals surface area contributed by atoms with Crippen molar-refractivity contribution >= 4 is 29.9 Å². The molecule has 30 heavy (non-hydrogen) atoms. The smallest absolute Gasteiger partial charge is 0.194 e. The summed E-state index contributed by atoms with van der Waals surface area (Å²) in [5.41, 5.74) is 0.974. The minimum Gasteiger partial charge on any atom is -0.376 e. The van der Waals surface area contributed by atoms with Gasteiger partial charge in [-0.05, 0) is 19.8 Å². The third-order valence-corrected chi connectivity index (χ3v) is 5.61. The highest BCUT2D eigenvalue weighted by molar-refractivity contribution is 14.0. The van der Waals surface area contributed by atoms with E-state index >= 15 is 0 Å². The zero-order chi connectivity index (χ0) is 20.1. The van der Waals surface area contributed by atoms with Crippen molar-refractivity contribution in [3.63, 3.8) is 0 Å². The summed E-state index contributed by atoms with van der Waals surface area (Å²) in [5, 5.41) is 15.9. The standard InChI is InChI=1S/C19H30N8O2.HI/c1-15-22-23-18(25(15)2)13-21-19(20-12-17-4-3-10-28-17)27-8-6-26(7-9-27)14-16-5-11-29-24-16;/h5,11,17H,3-4,6-10,12-14H2,1-2H3,(H,20,21);1H. The Balaban J connectivity index is 0.00000256. The zero-order valence-electron chi connectivity index (χ0n) is 17.7. The number of ether oxygens (including phenoxy) is 1. The van der Waals surface area contributed by atoms with Crippen LogP contribution in [0.15, 0.2) is 21.8 Å². The van der Waals surface area contributed by atoms with Crippen LogP contribution in [0.2, 0.25) is 0 Å². The molecule has 4 heterocycles. The lowest BCUT2D eigenvalue weighted by molar-refractivity contribution is 0.112. The van der Waals surface area contributed by atoms with Crippen molar-refractivity contribution in [1.82, 2.24) is 35.0 Å². The Kier molecular flexibility index (Phi) is 8.45. The molecule has 1 unspecified atom stereocenters. The van der Waals surface area contributed by atoms with E-state index < -0.39 is 0 Å². The molecule has 0 amide bonds. The van der Waals surface area contributed by atoms with E-state index in [0.29, 0.717) is 6.54 Å². The Morgan fingerprint density at radius 2 is 2.10 bits per heavy atom. The molecule has 2 aliphatic heterocycles. The fraction of sp³-hybridized carbons (Fsp3) is 0.684. The summed E-state index contributed by atoms with van der Waals surface area (Å²) >= 11 is 0. The molecule has 2 aromatic rings. The summed E-state index contributed by atoms with van der Waals surface area (Å²) < 4.78 is 12.7. The van der Waals surface area contributed by atoms with Gasteiger partial charge in [0.15, 0.2) is 11.8 Å². The Morgan fingerprint density at radius 1 is 1.27 bits per heavy atom. The summed E-state index contributed by atoms with van der Waals surface area (Å²) in [5.74, 6) is 2.68. The number of aliphatic imine (C=N–C) groups is 1. The Hall–Kier alpha value is -1.73. The Labute approximate surface area is 194 Å². The van der Waals surface area contributed by atoms with Gasteiger partial charge in [0, 0.05) is 59.0 Å². The summed E-state index contributed by atoms with van der Waals surface area (Å²) in [7, 11) is 1.97. The highest BCUT2D eigenvalue weighted by atomic mass is 127. The van der Waals surface area contributed by atoms with Gasteiger partial charge in [-0.3, -0.25) is 4.90 Å². The molecule has 2 aliphatic rings. The van der Waals surface area contributed by atoms with E-state index in [-0.39, 0.29) is 30.1 Å². The van der Waals surface area contributed by atoms with Crippen molar-refractivity contribution in [2.75, 3.05) is 39.3 Å². The van der Waals surface area contributed by atoms with Crippen LogP contribution >= 0.6 is 24.0 Å². The van der Waals surface area contributed by atoms with Crippen LogP contribution in [0.3, 0.4) is 0 Å². The highest BCUT2D eigenvalue weighted by Gasteiger charge is 2.22. The maximum Gasteiger partial charge on any atom is 0.194 e. The van der Waals surface area contributed by atoms with Crippen LogP contribution in [-0.2, 0) is 24.9 Å². The van der Waals surface area contributed by atoms with Gasteiger partial charge in [0.25, 0.3) is 0 Å². The Bertz CT molecular complexity index is 796. The van der Waals surface area contributed by atoms with E-state index in [2.05, 4.69) is 30.5 Å². The molecule has 11 heteroatoms. The van der Waals surface area contributed by atoms with Crippen LogP contribution in [0.4, 0.5) is 0 Å². The number of nitrogens with one attached hydrogen (secondary N) is 1. The average Bonchev–Trinajstić information content (AvgIpc) is 3.49. The van der Waals surface area contributed by atoms with E-state index in [0.717, 1.165) is 82.0 Å². The van der Waals surface area contributed by atoms with Gasteiger partial charge in [-0.25, -0.2) is 4.99 Å². The van der Waals surface area contributed by atoms with Gasteiger partial charge in [-0.1, -0.05) is 5.16 Å². The fourth-order valence-electron chi connectivity index (χ4n) is 3.68. The molecule has 10 nitrogen and oxygen atoms in total. The van der Waals surface area contributed by atoms with Crippen molar-refractivity contribution in [3.8, 4) is 0 Å². The van der Waals surface area contributed by atoms with Gasteiger partial charge in [0.05, 0.1) is 11.8 Å². The number of nitrogens with zero attached hydrogens (tertiary/aromatic N) is 7. The first kappa shape index (κ1) is 22.9. The first-order chi connectivity index (χ1) is 14.2. The van der Waals surface area contributed by atoms with Gasteiger partial charge >= 0.3 is 0 Å². The maximum absolute atomic E-state index is 5.77. The van der Waals surface area contributed by atoms with E-state index in [4.69, 9.17) is 14.3 Å². The number of rotatable bonds is 6. The fourth-order valence-corrected chi connectivity index (χ4v) is 3.68. The van der Waals surface area contributed by atoms with Crippen molar-refractivity contribution in [1.29, 1.82) is 0 Å². The van der Waals surface area contributed by atoms with Gasteiger partial charge in [-0.15, -0.1) is 34.2 Å². The first-order valence-corrected chi connectivity index (χ1v) is 10.3. The molecule has 2 saturated heterocycles. The molecule has 0 spiro atoms. The molecule has 0 radical (unpaired) electrons. The van der Waals surface area contributed by atoms with Crippen molar-refractivity contribution in [3.05, 3.63) is 29.7 Å². The second-order valence-electron chi connectivity index (χ2n) is 7.63. The van der Waals surface area contributed by atoms with E-state index in [1.165, 1.54) is 0 Å². The molecule has 2 fully saturated rings. The second kappa shape index (κ2) is 11.0. The number of halogens is 1. The van der Waals surface area contributed by atoms with Crippen molar-refractivity contribution in [2.45, 2.75) is 39.0 Å². The highest BCUT2D eigenvalue weighted by Crippen LogP contribution is 2.12. The quantitative estimate of drug-likeness (QED) is 0.338. The summed E-state index contributed by atoms with van der Waals surface area (Å²) in [6.07, 6.45) is 4.14. The number of hydrogen-bond donors (Lipinski definition) is 1. The van der Waals surface area contributed by atoms with Crippen LogP contribution in [0, 0.1) is 6.92 Å². The minimum atomic E-state index is 0. The molecule has 166 valence electrons. The van der Waals surface area contributed by atoms with E-state index in [1.54, 1.807) is 6.26 Å². The molecule has 0 aliphatic carbocycles. The lowest BCUT2D eigenvalue weighted by Gasteiger charge is -2.36. The summed E-state index contributed by atoms with van der Waals surface area (Å²) in [4.78, 5) is 9.56. The predicted molar refractivity (Wildman–Crippen MR) is 123 cm³/mol. The second-order valence-corrected chi connectivity index (χ2v) is 7.63. The predicted octanol–water partition coefficient (Wildman–Crippen LogP) is 1.17. The van der Waals surface area contributed by atoms with Crippen molar-refractivity contribution < 1.29 is 9.26 Å². The van der Waals surface area contributed by atoms with Gasteiger partial charge < -0.3 is 24.0 Å². The molecule has 0 aromatic carbocycles. The number of aromatic nitrogens is 4. The molecular weight excluding hydrogens is 499 g/mol. The lowest BCUT2D eigenvalue weighted by atomic mass is 10.2. The average molecular weight is 530 g/mol. The topological polar surface area (TPSA) is 96.8 Å². The molecule has 0 saturated carbocycles. The maximum atomic E-state index is 5.77. The van der Waals surface area contributed by atoms with Gasteiger partial charge in [0.1, 0.15) is 18.6 Å². The van der Waals surface area contributed by atoms with Gasteiger partial charge in [-0.2, -0.15) is 0 Å². The van der Waals surface area contributed by atoms with E-state index in [9.17, 15) is 0 Å². The van der Waals surface area contributed by atoms with Crippen LogP contribution in [0.1, 0.15) is 30.2 Å². The number of piperazine rings is 1. The third-order valence-electron chi connectivity index (χ3n) is 5.61. The van der Waals surface area contributed by atoms with Crippen LogP contribution < -0.4 is 5.32 Å². The SMILES string of the molecule is Cc1nnc(CN=C(NCC2CCCO2)N2CCN(Cc3ccon3)CC2)n1C.I. The number of hydrogen-bond acceptors (Lipinski definition) is 7.